The van der Waals surface area contributed by atoms with Crippen molar-refractivity contribution in [3.8, 4) is 0 Å². The highest BCUT2D eigenvalue weighted by molar-refractivity contribution is 5.97. The number of Topliss-reactive ketones (excluding diaryl/α,β-unsaturated/α-hetero) is 1. The van der Waals surface area contributed by atoms with E-state index >= 15 is 0 Å². The Morgan fingerprint density at radius 2 is 1.71 bits per heavy atom. The van der Waals surface area contributed by atoms with Crippen LogP contribution in [0.4, 0.5) is 0 Å². The number of carboxylic acids is 1. The van der Waals surface area contributed by atoms with Gasteiger partial charge in [0.25, 0.3) is 0 Å². The van der Waals surface area contributed by atoms with E-state index in [0.29, 0.717) is 12.3 Å². The van der Waals surface area contributed by atoms with Gasteiger partial charge in [0.1, 0.15) is 0 Å². The van der Waals surface area contributed by atoms with Crippen molar-refractivity contribution in [1.82, 2.24) is 0 Å². The molecule has 0 saturated heterocycles. The Balaban J connectivity index is 1.92. The number of ketones is 1. The lowest BCUT2D eigenvalue weighted by atomic mass is 9.78. The molecular weight excluding hydrogens is 266 g/mol. The van der Waals surface area contributed by atoms with Crippen molar-refractivity contribution < 1.29 is 14.7 Å². The average Bonchev–Trinajstić information content (AvgIpc) is 2.53. The molecule has 0 bridgehead atoms. The number of hydrogen-bond acceptors (Lipinski definition) is 3. The van der Waals surface area contributed by atoms with E-state index in [1.165, 1.54) is 0 Å². The van der Waals surface area contributed by atoms with E-state index in [1.807, 2.05) is 24.3 Å². The Morgan fingerprint density at radius 3 is 2.24 bits per heavy atom. The van der Waals surface area contributed by atoms with E-state index in [0.717, 1.165) is 43.4 Å². The molecule has 2 rings (SSSR count). The summed E-state index contributed by atoms with van der Waals surface area (Å²) in [7, 11) is 0. The number of hydrogen-bond donors (Lipinski definition) is 2. The first kappa shape index (κ1) is 15.7. The van der Waals surface area contributed by atoms with Gasteiger partial charge in [-0.2, -0.15) is 0 Å². The monoisotopic (exact) mass is 289 g/mol. The van der Waals surface area contributed by atoms with Gasteiger partial charge < -0.3 is 10.8 Å². The summed E-state index contributed by atoms with van der Waals surface area (Å²) in [4.78, 5) is 23.0. The molecule has 3 N–H and O–H groups in total. The summed E-state index contributed by atoms with van der Waals surface area (Å²) in [5.74, 6) is 0.118. The highest BCUT2D eigenvalue weighted by Gasteiger charge is 2.26. The Labute approximate surface area is 125 Å². The molecule has 0 unspecified atom stereocenters. The molecule has 1 fully saturated rings. The number of rotatable bonds is 6. The maximum absolute atomic E-state index is 12.4. The van der Waals surface area contributed by atoms with Gasteiger partial charge in [0.15, 0.2) is 5.78 Å². The minimum absolute atomic E-state index is 0.121. The topological polar surface area (TPSA) is 80.4 Å². The Kier molecular flexibility index (Phi) is 5.51. The van der Waals surface area contributed by atoms with Gasteiger partial charge in [-0.25, -0.2) is 0 Å². The van der Waals surface area contributed by atoms with Crippen LogP contribution >= 0.6 is 0 Å². The second-order valence-corrected chi connectivity index (χ2v) is 5.91. The van der Waals surface area contributed by atoms with Crippen molar-refractivity contribution in [2.75, 3.05) is 6.54 Å². The number of aliphatic carboxylic acids is 1. The molecule has 0 atom stereocenters. The van der Waals surface area contributed by atoms with Crippen LogP contribution in [0.3, 0.4) is 0 Å². The van der Waals surface area contributed by atoms with Crippen molar-refractivity contribution in [2.24, 2.45) is 17.6 Å². The van der Waals surface area contributed by atoms with Crippen molar-refractivity contribution in [3.63, 3.8) is 0 Å². The first-order valence-electron chi connectivity index (χ1n) is 7.65. The second-order valence-electron chi connectivity index (χ2n) is 5.91. The summed E-state index contributed by atoms with van der Waals surface area (Å²) in [6.45, 7) is 0.721. The molecule has 0 radical (unpaired) electrons. The third-order valence-electron chi connectivity index (χ3n) is 4.42. The molecule has 4 heteroatoms. The molecule has 4 nitrogen and oxygen atoms in total. The Bertz CT molecular complexity index is 487. The van der Waals surface area contributed by atoms with Crippen LogP contribution in [-0.2, 0) is 11.2 Å². The maximum atomic E-state index is 12.4. The number of nitrogens with two attached hydrogens (primary N) is 1. The second kappa shape index (κ2) is 7.36. The van der Waals surface area contributed by atoms with Gasteiger partial charge in [0.05, 0.1) is 0 Å². The van der Waals surface area contributed by atoms with Crippen LogP contribution in [0.2, 0.25) is 0 Å². The van der Waals surface area contributed by atoms with Crippen LogP contribution in [0.15, 0.2) is 24.3 Å². The van der Waals surface area contributed by atoms with Crippen molar-refractivity contribution >= 4 is 11.8 Å². The van der Waals surface area contributed by atoms with Gasteiger partial charge in [0.2, 0.25) is 0 Å². The van der Waals surface area contributed by atoms with Crippen LogP contribution in [-0.4, -0.2) is 23.4 Å². The van der Waals surface area contributed by atoms with Gasteiger partial charge in [-0.15, -0.1) is 0 Å². The fraction of sp³-hybridized carbons (Fsp3) is 0.529. The molecule has 0 heterocycles. The molecule has 1 aromatic rings. The predicted molar refractivity (Wildman–Crippen MR) is 81.2 cm³/mol. The van der Waals surface area contributed by atoms with Gasteiger partial charge >= 0.3 is 5.97 Å². The van der Waals surface area contributed by atoms with E-state index in [4.69, 9.17) is 10.8 Å². The summed E-state index contributed by atoms with van der Waals surface area (Å²) >= 11 is 0. The molecule has 0 spiro atoms. The van der Waals surface area contributed by atoms with Gasteiger partial charge in [0, 0.05) is 17.9 Å². The third kappa shape index (κ3) is 4.39. The number of benzene rings is 1. The zero-order valence-corrected chi connectivity index (χ0v) is 12.3. The first-order valence-corrected chi connectivity index (χ1v) is 7.65. The Hall–Kier alpha value is -1.68. The fourth-order valence-corrected chi connectivity index (χ4v) is 2.98. The zero-order valence-electron chi connectivity index (χ0n) is 12.3. The van der Waals surface area contributed by atoms with E-state index in [2.05, 4.69) is 0 Å². The van der Waals surface area contributed by atoms with E-state index in [1.54, 1.807) is 0 Å². The lowest BCUT2D eigenvalue weighted by Gasteiger charge is -2.26. The Morgan fingerprint density at radius 1 is 1.10 bits per heavy atom. The first-order chi connectivity index (χ1) is 10.1. The minimum atomic E-state index is -0.799. The van der Waals surface area contributed by atoms with E-state index in [-0.39, 0.29) is 18.1 Å². The molecule has 0 aliphatic heterocycles. The summed E-state index contributed by atoms with van der Waals surface area (Å²) in [5.41, 5.74) is 7.38. The number of carbonyl (C=O) groups is 2. The molecule has 1 aromatic carbocycles. The highest BCUT2D eigenvalue weighted by Crippen LogP contribution is 2.30. The van der Waals surface area contributed by atoms with Crippen LogP contribution in [0.5, 0.6) is 0 Å². The summed E-state index contributed by atoms with van der Waals surface area (Å²) in [6, 6.07) is 7.38. The standard InChI is InChI=1S/C17H23NO3/c18-11-13-3-8-15(9-4-13)17(21)14-6-1-12(2-7-14)5-10-16(19)20/h1-2,6-7,13,15H,3-5,8-11,18H2,(H,19,20)/t13-,15-. The normalized spacial score (nSPS) is 22.0. The molecule has 0 amide bonds. The fourth-order valence-electron chi connectivity index (χ4n) is 2.98. The molecule has 0 aromatic heterocycles. The summed E-state index contributed by atoms with van der Waals surface area (Å²) in [5, 5.41) is 8.67. The van der Waals surface area contributed by atoms with Crippen molar-refractivity contribution in [2.45, 2.75) is 38.5 Å². The SMILES string of the molecule is NC[C@H]1CC[C@H](C(=O)c2ccc(CCC(=O)O)cc2)CC1. The minimum Gasteiger partial charge on any atom is -0.481 e. The lowest BCUT2D eigenvalue weighted by molar-refractivity contribution is -0.136. The molecule has 21 heavy (non-hydrogen) atoms. The number of aryl methyl sites for hydroxylation is 1. The number of carbonyl (C=O) groups excluding carboxylic acids is 1. The maximum Gasteiger partial charge on any atom is 0.303 e. The molecular formula is C17H23NO3. The van der Waals surface area contributed by atoms with Crippen molar-refractivity contribution in [1.29, 1.82) is 0 Å². The summed E-state index contributed by atoms with van der Waals surface area (Å²) < 4.78 is 0. The van der Waals surface area contributed by atoms with Crippen molar-refractivity contribution in [3.05, 3.63) is 35.4 Å². The van der Waals surface area contributed by atoms with Gasteiger partial charge in [-0.3, -0.25) is 9.59 Å². The van der Waals surface area contributed by atoms with Crippen LogP contribution in [0.25, 0.3) is 0 Å². The van der Waals surface area contributed by atoms with Crippen LogP contribution in [0.1, 0.15) is 48.0 Å². The van der Waals surface area contributed by atoms with Gasteiger partial charge in [-0.05, 0) is 50.1 Å². The molecule has 1 saturated carbocycles. The van der Waals surface area contributed by atoms with Crippen LogP contribution < -0.4 is 5.73 Å². The van der Waals surface area contributed by atoms with Gasteiger partial charge in [-0.1, -0.05) is 24.3 Å². The zero-order chi connectivity index (χ0) is 15.2. The highest BCUT2D eigenvalue weighted by atomic mass is 16.4. The average molecular weight is 289 g/mol. The smallest absolute Gasteiger partial charge is 0.303 e. The third-order valence-corrected chi connectivity index (χ3v) is 4.42. The largest absolute Gasteiger partial charge is 0.481 e. The van der Waals surface area contributed by atoms with E-state index in [9.17, 15) is 9.59 Å². The quantitative estimate of drug-likeness (QED) is 0.789. The molecule has 1 aliphatic carbocycles. The molecule has 1 aliphatic rings. The number of carboxylic acid groups (broad SMARTS) is 1. The molecule has 114 valence electrons. The van der Waals surface area contributed by atoms with E-state index < -0.39 is 5.97 Å². The lowest BCUT2D eigenvalue weighted by Crippen LogP contribution is -2.25. The predicted octanol–water partition coefficient (Wildman–Crippen LogP) is 2.65. The summed E-state index contributed by atoms with van der Waals surface area (Å²) in [6.07, 6.45) is 4.58. The van der Waals surface area contributed by atoms with Crippen LogP contribution in [0, 0.1) is 11.8 Å².